The fraction of sp³-hybridized carbons (Fsp3) is 0.455. The molecule has 0 bridgehead atoms. The molecule has 15 heavy (non-hydrogen) atoms. The molecule has 3 nitrogen and oxygen atoms in total. The van der Waals surface area contributed by atoms with Crippen LogP contribution in [0.5, 0.6) is 11.5 Å². The number of ether oxygens (including phenoxy) is 2. The zero-order valence-corrected chi connectivity index (χ0v) is 9.84. The number of hydrogen-bond donors (Lipinski definition) is 1. The second-order valence-corrected chi connectivity index (χ2v) is 3.76. The van der Waals surface area contributed by atoms with Crippen LogP contribution < -0.4 is 9.47 Å². The maximum absolute atomic E-state index is 9.33. The zero-order valence-electron chi connectivity index (χ0n) is 9.08. The van der Waals surface area contributed by atoms with Crippen molar-refractivity contribution in [1.29, 1.82) is 0 Å². The summed E-state index contributed by atoms with van der Waals surface area (Å²) in [6.07, 6.45) is 0.0845. The van der Waals surface area contributed by atoms with Crippen LogP contribution >= 0.6 is 11.6 Å². The van der Waals surface area contributed by atoms with E-state index in [0.29, 0.717) is 22.9 Å². The topological polar surface area (TPSA) is 38.7 Å². The van der Waals surface area contributed by atoms with Gasteiger partial charge in [-0.25, -0.2) is 0 Å². The first-order chi connectivity index (χ1) is 7.08. The molecule has 0 radical (unpaired) electrons. The van der Waals surface area contributed by atoms with Gasteiger partial charge in [0, 0.05) is 18.1 Å². The van der Waals surface area contributed by atoms with Crippen LogP contribution in [-0.2, 0) is 6.42 Å². The number of aliphatic hydroxyl groups excluding tert-OH is 1. The molecule has 1 aromatic carbocycles. The molecule has 0 aliphatic carbocycles. The molecule has 0 aliphatic heterocycles. The Labute approximate surface area is 94.6 Å². The second kappa shape index (κ2) is 5.24. The zero-order chi connectivity index (χ0) is 11.4. The average molecular weight is 231 g/mol. The van der Waals surface area contributed by atoms with Crippen molar-refractivity contribution in [2.45, 2.75) is 19.4 Å². The fourth-order valence-electron chi connectivity index (χ4n) is 1.40. The van der Waals surface area contributed by atoms with Gasteiger partial charge in [-0.1, -0.05) is 11.6 Å². The Hall–Kier alpha value is -0.930. The highest BCUT2D eigenvalue weighted by molar-refractivity contribution is 6.32. The van der Waals surface area contributed by atoms with Crippen molar-refractivity contribution < 1.29 is 14.6 Å². The summed E-state index contributed by atoms with van der Waals surface area (Å²) in [5.74, 6) is 1.26. The Bertz CT molecular complexity index is 337. The van der Waals surface area contributed by atoms with Crippen LogP contribution in [0.2, 0.25) is 5.02 Å². The van der Waals surface area contributed by atoms with E-state index in [0.717, 1.165) is 5.56 Å². The van der Waals surface area contributed by atoms with Gasteiger partial charge in [-0.2, -0.15) is 0 Å². The summed E-state index contributed by atoms with van der Waals surface area (Å²) in [6.45, 7) is 1.72. The monoisotopic (exact) mass is 230 g/mol. The molecule has 0 aromatic heterocycles. The van der Waals surface area contributed by atoms with E-state index < -0.39 is 6.10 Å². The van der Waals surface area contributed by atoms with Crippen LogP contribution in [-0.4, -0.2) is 25.4 Å². The maximum Gasteiger partial charge on any atom is 0.138 e. The van der Waals surface area contributed by atoms with Crippen LogP contribution in [0.3, 0.4) is 0 Å². The lowest BCUT2D eigenvalue weighted by Gasteiger charge is -2.13. The molecule has 0 fully saturated rings. The molecular weight excluding hydrogens is 216 g/mol. The lowest BCUT2D eigenvalue weighted by atomic mass is 10.1. The minimum atomic E-state index is -0.426. The molecule has 1 unspecified atom stereocenters. The van der Waals surface area contributed by atoms with Gasteiger partial charge in [0.1, 0.15) is 11.5 Å². The quantitative estimate of drug-likeness (QED) is 0.863. The molecule has 0 amide bonds. The third kappa shape index (κ3) is 3.01. The van der Waals surface area contributed by atoms with Crippen LogP contribution in [0.1, 0.15) is 12.5 Å². The SMILES string of the molecule is COc1cc(CC(C)O)c(OC)cc1Cl. The van der Waals surface area contributed by atoms with Crippen LogP contribution in [0.25, 0.3) is 0 Å². The maximum atomic E-state index is 9.33. The van der Waals surface area contributed by atoms with E-state index in [2.05, 4.69) is 0 Å². The highest BCUT2D eigenvalue weighted by Crippen LogP contribution is 2.32. The van der Waals surface area contributed by atoms with Crippen molar-refractivity contribution in [3.05, 3.63) is 22.7 Å². The van der Waals surface area contributed by atoms with E-state index in [4.69, 9.17) is 21.1 Å². The number of methoxy groups -OCH3 is 2. The predicted octanol–water partition coefficient (Wildman–Crippen LogP) is 2.28. The van der Waals surface area contributed by atoms with E-state index in [-0.39, 0.29) is 0 Å². The lowest BCUT2D eigenvalue weighted by molar-refractivity contribution is 0.194. The first kappa shape index (κ1) is 12.1. The summed E-state index contributed by atoms with van der Waals surface area (Å²) in [5.41, 5.74) is 0.883. The van der Waals surface area contributed by atoms with Gasteiger partial charge >= 0.3 is 0 Å². The van der Waals surface area contributed by atoms with Gasteiger partial charge in [0.2, 0.25) is 0 Å². The molecule has 1 N–H and O–H groups in total. The van der Waals surface area contributed by atoms with E-state index in [1.807, 2.05) is 0 Å². The fourth-order valence-corrected chi connectivity index (χ4v) is 1.63. The summed E-state index contributed by atoms with van der Waals surface area (Å²) in [5, 5.41) is 9.83. The molecule has 0 aliphatic rings. The number of rotatable bonds is 4. The molecular formula is C11H15ClO3. The van der Waals surface area contributed by atoms with Gasteiger partial charge in [0.15, 0.2) is 0 Å². The largest absolute Gasteiger partial charge is 0.496 e. The average Bonchev–Trinajstić information content (AvgIpc) is 2.19. The Morgan fingerprint density at radius 1 is 1.27 bits per heavy atom. The van der Waals surface area contributed by atoms with E-state index in [1.165, 1.54) is 0 Å². The number of halogens is 1. The van der Waals surface area contributed by atoms with Crippen LogP contribution in [0, 0.1) is 0 Å². The van der Waals surface area contributed by atoms with E-state index in [1.54, 1.807) is 33.3 Å². The van der Waals surface area contributed by atoms with Crippen molar-refractivity contribution in [3.8, 4) is 11.5 Å². The Kier molecular flexibility index (Phi) is 4.24. The Morgan fingerprint density at radius 3 is 2.33 bits per heavy atom. The molecule has 1 atom stereocenters. The van der Waals surface area contributed by atoms with Gasteiger partial charge in [-0.15, -0.1) is 0 Å². The minimum Gasteiger partial charge on any atom is -0.496 e. The molecule has 1 rings (SSSR count). The molecule has 4 heteroatoms. The van der Waals surface area contributed by atoms with Gasteiger partial charge in [0.05, 0.1) is 25.3 Å². The third-order valence-corrected chi connectivity index (χ3v) is 2.37. The molecule has 1 aromatic rings. The summed E-state index contributed by atoms with van der Waals surface area (Å²) < 4.78 is 10.3. The van der Waals surface area contributed by atoms with Crippen LogP contribution in [0.15, 0.2) is 12.1 Å². The lowest BCUT2D eigenvalue weighted by Crippen LogP contribution is -2.06. The Balaban J connectivity index is 3.10. The van der Waals surface area contributed by atoms with Gasteiger partial charge < -0.3 is 14.6 Å². The van der Waals surface area contributed by atoms with Gasteiger partial charge in [-0.3, -0.25) is 0 Å². The standard InChI is InChI=1S/C11H15ClO3/c1-7(13)4-8-5-11(15-3)9(12)6-10(8)14-2/h5-7,13H,4H2,1-3H3. The van der Waals surface area contributed by atoms with Crippen molar-refractivity contribution in [2.75, 3.05) is 14.2 Å². The molecule has 0 heterocycles. The molecule has 0 spiro atoms. The number of aliphatic hydroxyl groups is 1. The van der Waals surface area contributed by atoms with E-state index >= 15 is 0 Å². The van der Waals surface area contributed by atoms with Crippen molar-refractivity contribution in [3.63, 3.8) is 0 Å². The molecule has 0 saturated heterocycles. The first-order valence-electron chi connectivity index (χ1n) is 4.67. The predicted molar refractivity (Wildman–Crippen MR) is 59.9 cm³/mol. The summed E-state index contributed by atoms with van der Waals surface area (Å²) in [4.78, 5) is 0. The molecule has 84 valence electrons. The van der Waals surface area contributed by atoms with Crippen molar-refractivity contribution >= 4 is 11.6 Å². The summed E-state index contributed by atoms with van der Waals surface area (Å²) >= 11 is 5.95. The van der Waals surface area contributed by atoms with Crippen molar-refractivity contribution in [1.82, 2.24) is 0 Å². The minimum absolute atomic E-state index is 0.426. The highest BCUT2D eigenvalue weighted by atomic mass is 35.5. The summed E-state index contributed by atoms with van der Waals surface area (Å²) in [6, 6.07) is 3.48. The normalized spacial score (nSPS) is 12.3. The highest BCUT2D eigenvalue weighted by Gasteiger charge is 2.11. The van der Waals surface area contributed by atoms with Gasteiger partial charge in [0.25, 0.3) is 0 Å². The van der Waals surface area contributed by atoms with Crippen LogP contribution in [0.4, 0.5) is 0 Å². The van der Waals surface area contributed by atoms with Crippen molar-refractivity contribution in [2.24, 2.45) is 0 Å². The van der Waals surface area contributed by atoms with Gasteiger partial charge in [-0.05, 0) is 13.0 Å². The van der Waals surface area contributed by atoms with E-state index in [9.17, 15) is 5.11 Å². The number of benzene rings is 1. The number of hydrogen-bond acceptors (Lipinski definition) is 3. The first-order valence-corrected chi connectivity index (χ1v) is 5.04. The summed E-state index contributed by atoms with van der Waals surface area (Å²) in [7, 11) is 3.13. The Morgan fingerprint density at radius 2 is 1.87 bits per heavy atom. The second-order valence-electron chi connectivity index (χ2n) is 3.35. The molecule has 0 saturated carbocycles. The third-order valence-electron chi connectivity index (χ3n) is 2.07. The smallest absolute Gasteiger partial charge is 0.138 e.